The van der Waals surface area contributed by atoms with Crippen molar-refractivity contribution < 1.29 is 19.4 Å². The topological polar surface area (TPSA) is 79.9 Å². The highest BCUT2D eigenvalue weighted by atomic mass is 16.5. The first-order valence-corrected chi connectivity index (χ1v) is 9.78. The summed E-state index contributed by atoms with van der Waals surface area (Å²) >= 11 is 0. The van der Waals surface area contributed by atoms with Crippen molar-refractivity contribution in [3.8, 4) is 22.8 Å². The molecule has 0 bridgehead atoms. The van der Waals surface area contributed by atoms with E-state index in [1.165, 1.54) is 6.07 Å². The van der Waals surface area contributed by atoms with Crippen LogP contribution in [0, 0.1) is 0 Å². The van der Waals surface area contributed by atoms with Gasteiger partial charge in [0.15, 0.2) is 11.0 Å². The molecule has 2 aromatic carbocycles. The van der Waals surface area contributed by atoms with Crippen molar-refractivity contribution in [1.29, 1.82) is 0 Å². The molecule has 0 radical (unpaired) electrons. The van der Waals surface area contributed by atoms with E-state index in [4.69, 9.17) is 9.15 Å². The minimum absolute atomic E-state index is 0.0804. The number of rotatable bonds is 3. The van der Waals surface area contributed by atoms with Crippen LogP contribution in [0.1, 0.15) is 38.8 Å². The third-order valence-corrected chi connectivity index (χ3v) is 4.91. The van der Waals surface area contributed by atoms with Gasteiger partial charge in [-0.2, -0.15) is 0 Å². The number of fused-ring (bicyclic) bond motifs is 3. The van der Waals surface area contributed by atoms with Crippen molar-refractivity contribution in [3.63, 3.8) is 0 Å². The molecule has 0 unspecified atom stereocenters. The summed E-state index contributed by atoms with van der Waals surface area (Å²) in [7, 11) is 0. The predicted molar refractivity (Wildman–Crippen MR) is 119 cm³/mol. The van der Waals surface area contributed by atoms with Gasteiger partial charge in [-0.25, -0.2) is 0 Å². The molecule has 0 spiro atoms. The van der Waals surface area contributed by atoms with Crippen molar-refractivity contribution in [3.05, 3.63) is 69.9 Å². The fraction of sp³-hybridized carbons (Fsp3) is 0.240. The lowest BCUT2D eigenvalue weighted by atomic mass is 9.95. The second-order valence-corrected chi connectivity index (χ2v) is 8.58. The Hall–Kier alpha value is -3.31. The Morgan fingerprint density at radius 1 is 1.13 bits per heavy atom. The van der Waals surface area contributed by atoms with Crippen LogP contribution < -0.4 is 10.2 Å². The molecule has 1 aromatic heterocycles. The quantitative estimate of drug-likeness (QED) is 0.632. The molecule has 0 amide bonds. The van der Waals surface area contributed by atoms with Gasteiger partial charge >= 0.3 is 0 Å². The van der Waals surface area contributed by atoms with Crippen LogP contribution in [-0.2, 0) is 0 Å². The van der Waals surface area contributed by atoms with Crippen molar-refractivity contribution in [2.75, 3.05) is 0 Å². The average molecular weight is 404 g/mol. The van der Waals surface area contributed by atoms with E-state index < -0.39 is 11.2 Å². The molecule has 2 heterocycles. The van der Waals surface area contributed by atoms with E-state index in [0.29, 0.717) is 22.6 Å². The molecule has 5 nitrogen and oxygen atoms in total. The lowest BCUT2D eigenvalue weighted by Crippen LogP contribution is -2.28. The van der Waals surface area contributed by atoms with Crippen molar-refractivity contribution >= 4 is 23.1 Å². The normalized spacial score (nSPS) is 15.4. The summed E-state index contributed by atoms with van der Waals surface area (Å²) in [6.07, 6.45) is 6.85. The van der Waals surface area contributed by atoms with Gasteiger partial charge in [0.25, 0.3) is 0 Å². The molecule has 1 aliphatic heterocycles. The van der Waals surface area contributed by atoms with Crippen LogP contribution in [0.25, 0.3) is 34.4 Å². The van der Waals surface area contributed by atoms with E-state index in [9.17, 15) is 15.0 Å². The molecular weight excluding hydrogens is 380 g/mol. The molecule has 5 heteroatoms. The fourth-order valence-corrected chi connectivity index (χ4v) is 3.43. The highest BCUT2D eigenvalue weighted by Gasteiger charge is 2.30. The lowest BCUT2D eigenvalue weighted by Gasteiger charge is -2.30. The molecular formula is C25H24O5. The van der Waals surface area contributed by atoms with Gasteiger partial charge in [0.2, 0.25) is 0 Å². The van der Waals surface area contributed by atoms with Crippen LogP contribution in [0.3, 0.4) is 0 Å². The number of hydrogen-bond acceptors (Lipinski definition) is 5. The van der Waals surface area contributed by atoms with Crippen LogP contribution in [-0.4, -0.2) is 21.4 Å². The zero-order chi connectivity index (χ0) is 21.7. The minimum atomic E-state index is -1.10. The third kappa shape index (κ3) is 3.64. The van der Waals surface area contributed by atoms with Crippen molar-refractivity contribution in [2.45, 2.75) is 38.9 Å². The molecule has 3 aromatic rings. The van der Waals surface area contributed by atoms with Crippen LogP contribution in [0.4, 0.5) is 0 Å². The number of aliphatic hydroxyl groups is 1. The minimum Gasteiger partial charge on any atom is -0.506 e. The Labute approximate surface area is 174 Å². The third-order valence-electron chi connectivity index (χ3n) is 4.91. The molecule has 0 saturated carbocycles. The molecule has 4 rings (SSSR count). The zero-order valence-corrected chi connectivity index (χ0v) is 17.4. The molecule has 2 N–H and O–H groups in total. The number of phenolic OH excluding ortho intramolecular Hbond substituents is 1. The first-order chi connectivity index (χ1) is 14.1. The molecule has 30 heavy (non-hydrogen) atoms. The second kappa shape index (κ2) is 6.89. The first kappa shape index (κ1) is 20.0. The summed E-state index contributed by atoms with van der Waals surface area (Å²) in [5.41, 5.74) is -0.133. The highest BCUT2D eigenvalue weighted by Crippen LogP contribution is 2.45. The zero-order valence-electron chi connectivity index (χ0n) is 17.4. The SMILES string of the molecule is CC(C)(O)/C=C/c1c2c(c3oc(-c4ccccc4)cc(=O)c3c1O)C=CC(C)(C)O2. The molecule has 1 aliphatic rings. The summed E-state index contributed by atoms with van der Waals surface area (Å²) in [6.45, 7) is 7.04. The Morgan fingerprint density at radius 3 is 2.50 bits per heavy atom. The summed E-state index contributed by atoms with van der Waals surface area (Å²) in [5.74, 6) is 0.581. The number of hydrogen-bond donors (Lipinski definition) is 2. The summed E-state index contributed by atoms with van der Waals surface area (Å²) in [6, 6.07) is 10.7. The smallest absolute Gasteiger partial charge is 0.197 e. The summed E-state index contributed by atoms with van der Waals surface area (Å²) in [5, 5.41) is 21.2. The molecule has 0 atom stereocenters. The molecule has 0 saturated heterocycles. The second-order valence-electron chi connectivity index (χ2n) is 8.58. The lowest BCUT2D eigenvalue weighted by molar-refractivity contribution is 0.134. The predicted octanol–water partition coefficient (Wildman–Crippen LogP) is 5.13. The van der Waals surface area contributed by atoms with E-state index in [1.807, 2.05) is 56.3 Å². The Balaban J connectivity index is 2.07. The Morgan fingerprint density at radius 2 is 1.83 bits per heavy atom. The molecule has 154 valence electrons. The average Bonchev–Trinajstić information content (AvgIpc) is 2.66. The summed E-state index contributed by atoms with van der Waals surface area (Å²) < 4.78 is 12.3. The van der Waals surface area contributed by atoms with E-state index in [2.05, 4.69) is 0 Å². The van der Waals surface area contributed by atoms with Gasteiger partial charge in [0, 0.05) is 11.6 Å². The van der Waals surface area contributed by atoms with E-state index >= 15 is 0 Å². The standard InChI is InChI=1S/C25H24O5/c1-24(2,28)12-10-16-21(27)20-18(26)14-19(15-8-6-5-7-9-15)29-23(20)17-11-13-25(3,4)30-22(16)17/h5-14,27-28H,1-4H3/b12-10+. The van der Waals surface area contributed by atoms with E-state index in [-0.39, 0.29) is 22.1 Å². The van der Waals surface area contributed by atoms with Gasteiger partial charge in [-0.3, -0.25) is 4.79 Å². The maximum absolute atomic E-state index is 13.0. The van der Waals surface area contributed by atoms with Gasteiger partial charge in [-0.1, -0.05) is 36.4 Å². The van der Waals surface area contributed by atoms with E-state index in [0.717, 1.165) is 5.56 Å². The largest absolute Gasteiger partial charge is 0.506 e. The van der Waals surface area contributed by atoms with Gasteiger partial charge in [0.05, 0.1) is 16.7 Å². The van der Waals surface area contributed by atoms with Crippen LogP contribution in [0.2, 0.25) is 0 Å². The number of phenols is 1. The monoisotopic (exact) mass is 404 g/mol. The molecule has 0 aliphatic carbocycles. The van der Waals surface area contributed by atoms with Crippen LogP contribution in [0.5, 0.6) is 11.5 Å². The van der Waals surface area contributed by atoms with Crippen molar-refractivity contribution in [1.82, 2.24) is 0 Å². The van der Waals surface area contributed by atoms with Crippen LogP contribution >= 0.6 is 0 Å². The van der Waals surface area contributed by atoms with Crippen LogP contribution in [0.15, 0.2) is 57.8 Å². The number of aromatic hydroxyl groups is 1. The Kier molecular flexibility index (Phi) is 4.59. The maximum atomic E-state index is 13.0. The fourth-order valence-electron chi connectivity index (χ4n) is 3.43. The van der Waals surface area contributed by atoms with Gasteiger partial charge in [-0.15, -0.1) is 0 Å². The van der Waals surface area contributed by atoms with E-state index in [1.54, 1.807) is 26.0 Å². The first-order valence-electron chi connectivity index (χ1n) is 9.78. The van der Waals surface area contributed by atoms with Gasteiger partial charge in [0.1, 0.15) is 28.2 Å². The van der Waals surface area contributed by atoms with Crippen molar-refractivity contribution in [2.24, 2.45) is 0 Å². The summed E-state index contributed by atoms with van der Waals surface area (Å²) in [4.78, 5) is 13.0. The maximum Gasteiger partial charge on any atom is 0.197 e. The Bertz CT molecular complexity index is 1240. The highest BCUT2D eigenvalue weighted by molar-refractivity contribution is 5.98. The van der Waals surface area contributed by atoms with Gasteiger partial charge in [-0.05, 0) is 45.9 Å². The number of ether oxygens (including phenoxy) is 1. The molecule has 0 fully saturated rings. The van der Waals surface area contributed by atoms with Gasteiger partial charge < -0.3 is 19.4 Å². The number of benzene rings is 2.